The molecule has 0 spiro atoms. The molecule has 0 aromatic heterocycles. The van der Waals surface area contributed by atoms with Crippen LogP contribution in [0.2, 0.25) is 0 Å². The fourth-order valence-electron chi connectivity index (χ4n) is 4.85. The second-order valence-corrected chi connectivity index (χ2v) is 12.4. The molecule has 1 aromatic rings. The van der Waals surface area contributed by atoms with Gasteiger partial charge < -0.3 is 4.90 Å². The predicted octanol–water partition coefficient (Wildman–Crippen LogP) is 8.37. The Balaban J connectivity index is 0.000000341. The summed E-state index contributed by atoms with van der Waals surface area (Å²) in [6.07, 6.45) is 9.95. The average molecular weight is 543 g/mol. The fraction of sp³-hybridized carbons (Fsp3) is 0.531. The van der Waals surface area contributed by atoms with Crippen molar-refractivity contribution >= 4 is 35.2 Å². The molecule has 0 aliphatic carbocycles. The van der Waals surface area contributed by atoms with E-state index in [-0.39, 0.29) is 0 Å². The number of hydrogen-bond donors (Lipinski definition) is 0. The van der Waals surface area contributed by atoms with Crippen LogP contribution in [-0.2, 0) is 4.79 Å². The molecule has 0 radical (unpaired) electrons. The van der Waals surface area contributed by atoms with Crippen LogP contribution in [-0.4, -0.2) is 60.6 Å². The number of aldehydes is 1. The first-order chi connectivity index (χ1) is 17.7. The van der Waals surface area contributed by atoms with E-state index in [1.807, 2.05) is 25.6 Å². The number of benzene rings is 1. The normalized spacial score (nSPS) is 18.7. The van der Waals surface area contributed by atoms with Crippen molar-refractivity contribution in [2.45, 2.75) is 82.9 Å². The van der Waals surface area contributed by atoms with E-state index in [1.54, 1.807) is 17.7 Å². The van der Waals surface area contributed by atoms with Crippen LogP contribution in [0.4, 0.5) is 0 Å². The van der Waals surface area contributed by atoms with Gasteiger partial charge in [-0.3, -0.25) is 9.69 Å². The molecule has 2 saturated heterocycles. The molecule has 0 amide bonds. The summed E-state index contributed by atoms with van der Waals surface area (Å²) in [6.45, 7) is 19.3. The third-order valence-corrected chi connectivity index (χ3v) is 8.93. The van der Waals surface area contributed by atoms with Gasteiger partial charge in [0.15, 0.2) is 6.29 Å². The van der Waals surface area contributed by atoms with Gasteiger partial charge in [-0.25, -0.2) is 0 Å². The molecular weight excluding hydrogens is 496 g/mol. The highest BCUT2D eigenvalue weighted by molar-refractivity contribution is 7.99. The Kier molecular flexibility index (Phi) is 14.0. The van der Waals surface area contributed by atoms with E-state index in [0.29, 0.717) is 15.9 Å². The van der Waals surface area contributed by atoms with E-state index in [9.17, 15) is 4.79 Å². The molecule has 0 bridgehead atoms. The summed E-state index contributed by atoms with van der Waals surface area (Å²) in [7, 11) is 2.25. The third-order valence-electron chi connectivity index (χ3n) is 7.38. The lowest BCUT2D eigenvalue weighted by Crippen LogP contribution is -2.46. The van der Waals surface area contributed by atoms with E-state index in [1.165, 1.54) is 67.9 Å². The van der Waals surface area contributed by atoms with Crippen molar-refractivity contribution < 1.29 is 4.79 Å². The highest BCUT2D eigenvalue weighted by Gasteiger charge is 2.25. The molecule has 5 heteroatoms. The van der Waals surface area contributed by atoms with E-state index >= 15 is 0 Å². The molecule has 1 aromatic carbocycles. The number of likely N-dealkylation sites (tertiary alicyclic amines) is 2. The van der Waals surface area contributed by atoms with Gasteiger partial charge in [-0.15, -0.1) is 11.8 Å². The SMILES string of the molecule is C=C/C=C(C=O)\C(Cl)=C(\C)CC.CC(=C1CCN(C2CCN(C)CC2)CC1)c1ccc(SC(C)C)cc1. The molecular formula is C32H47ClN2OS. The summed E-state index contributed by atoms with van der Waals surface area (Å²) in [5.74, 6) is 0. The lowest BCUT2D eigenvalue weighted by atomic mass is 9.92. The van der Waals surface area contributed by atoms with Crippen molar-refractivity contribution in [3.63, 3.8) is 0 Å². The molecule has 2 aliphatic heterocycles. The maximum atomic E-state index is 10.5. The topological polar surface area (TPSA) is 23.6 Å². The highest BCUT2D eigenvalue weighted by atomic mass is 35.5. The highest BCUT2D eigenvalue weighted by Crippen LogP contribution is 2.30. The van der Waals surface area contributed by atoms with Crippen LogP contribution in [0, 0.1) is 0 Å². The summed E-state index contributed by atoms with van der Waals surface area (Å²) in [5, 5.41) is 1.18. The first-order valence-corrected chi connectivity index (χ1v) is 15.0. The van der Waals surface area contributed by atoms with Crippen molar-refractivity contribution in [1.29, 1.82) is 0 Å². The zero-order valence-electron chi connectivity index (χ0n) is 23.9. The van der Waals surface area contributed by atoms with Gasteiger partial charge in [0.05, 0.1) is 0 Å². The minimum atomic E-state index is 0.492. The number of carbonyl (C=O) groups is 1. The Morgan fingerprint density at radius 3 is 2.19 bits per heavy atom. The zero-order chi connectivity index (χ0) is 27.4. The van der Waals surface area contributed by atoms with Crippen LogP contribution < -0.4 is 0 Å². The van der Waals surface area contributed by atoms with Crippen LogP contribution in [0.3, 0.4) is 0 Å². The molecule has 3 rings (SSSR count). The van der Waals surface area contributed by atoms with Gasteiger partial charge in [-0.1, -0.05) is 74.4 Å². The van der Waals surface area contributed by atoms with Crippen molar-refractivity contribution in [3.8, 4) is 0 Å². The van der Waals surface area contributed by atoms with Crippen LogP contribution in [0.1, 0.15) is 72.3 Å². The number of allylic oxidation sites excluding steroid dienone is 6. The third kappa shape index (κ3) is 10.2. The molecule has 0 N–H and O–H groups in total. The van der Waals surface area contributed by atoms with Crippen molar-refractivity contribution in [2.24, 2.45) is 0 Å². The number of carbonyl (C=O) groups excluding carboxylic acids is 1. The van der Waals surface area contributed by atoms with Crippen molar-refractivity contribution in [1.82, 2.24) is 9.80 Å². The largest absolute Gasteiger partial charge is 0.306 e. The molecule has 2 aliphatic rings. The summed E-state index contributed by atoms with van der Waals surface area (Å²) in [4.78, 5) is 17.1. The zero-order valence-corrected chi connectivity index (χ0v) is 25.4. The molecule has 0 saturated carbocycles. The van der Waals surface area contributed by atoms with Crippen LogP contribution in [0.5, 0.6) is 0 Å². The lowest BCUT2D eigenvalue weighted by molar-refractivity contribution is -0.104. The summed E-state index contributed by atoms with van der Waals surface area (Å²) >= 11 is 7.85. The monoisotopic (exact) mass is 542 g/mol. The van der Waals surface area contributed by atoms with E-state index in [4.69, 9.17) is 11.6 Å². The smallest absolute Gasteiger partial charge is 0.151 e. The number of rotatable bonds is 8. The molecule has 2 heterocycles. The minimum absolute atomic E-state index is 0.492. The number of halogens is 1. The number of nitrogens with zero attached hydrogens (tertiary/aromatic N) is 2. The van der Waals surface area contributed by atoms with Gasteiger partial charge in [0.1, 0.15) is 0 Å². The average Bonchev–Trinajstić information content (AvgIpc) is 2.91. The molecule has 0 atom stereocenters. The van der Waals surface area contributed by atoms with Gasteiger partial charge in [-0.05, 0) is 89.4 Å². The van der Waals surface area contributed by atoms with Crippen molar-refractivity contribution in [2.75, 3.05) is 33.2 Å². The number of piperidine rings is 2. The summed E-state index contributed by atoms with van der Waals surface area (Å²) < 4.78 is 0. The molecule has 37 heavy (non-hydrogen) atoms. The van der Waals surface area contributed by atoms with Gasteiger partial charge in [0, 0.05) is 39.9 Å². The predicted molar refractivity (Wildman–Crippen MR) is 165 cm³/mol. The first-order valence-electron chi connectivity index (χ1n) is 13.7. The van der Waals surface area contributed by atoms with Crippen LogP contribution in [0.15, 0.2) is 69.6 Å². The Morgan fingerprint density at radius 2 is 1.70 bits per heavy atom. The van der Waals surface area contributed by atoms with Gasteiger partial charge in [0.25, 0.3) is 0 Å². The minimum Gasteiger partial charge on any atom is -0.306 e. The summed E-state index contributed by atoms with van der Waals surface area (Å²) in [6, 6.07) is 10.0. The van der Waals surface area contributed by atoms with Gasteiger partial charge in [0.2, 0.25) is 0 Å². The van der Waals surface area contributed by atoms with Crippen molar-refractivity contribution in [3.05, 3.63) is 70.3 Å². The van der Waals surface area contributed by atoms with Gasteiger partial charge >= 0.3 is 0 Å². The maximum Gasteiger partial charge on any atom is 0.151 e. The molecule has 2 fully saturated rings. The fourth-order valence-corrected chi connectivity index (χ4v) is 5.93. The van der Waals surface area contributed by atoms with Crippen LogP contribution in [0.25, 0.3) is 5.57 Å². The Hall–Kier alpha value is -1.59. The van der Waals surface area contributed by atoms with Gasteiger partial charge in [-0.2, -0.15) is 0 Å². The second kappa shape index (κ2) is 16.4. The number of thioether (sulfide) groups is 1. The standard InChI is InChI=1S/C22H34N2S.C10H13ClO/c1-17(2)25-22-7-5-19(6-8-22)18(3)20-9-15-24(16-10-20)21-11-13-23(4)14-12-21;1-4-6-9(7-12)10(11)8(3)5-2/h5-8,17,21H,9-16H2,1-4H3;4,6-7H,1,5H2,2-3H3/b;9-6-,10-8+. The lowest BCUT2D eigenvalue weighted by Gasteiger charge is -2.40. The molecule has 204 valence electrons. The van der Waals surface area contributed by atoms with E-state index in [2.05, 4.69) is 68.5 Å². The Bertz CT molecular complexity index is 959. The molecule has 3 nitrogen and oxygen atoms in total. The Morgan fingerprint density at radius 1 is 1.11 bits per heavy atom. The van der Waals surface area contributed by atoms with E-state index in [0.717, 1.165) is 24.3 Å². The Labute approximate surface area is 235 Å². The quantitative estimate of drug-likeness (QED) is 0.142. The first kappa shape index (κ1) is 31.6. The van der Waals surface area contributed by atoms with E-state index < -0.39 is 0 Å². The maximum absolute atomic E-state index is 10.5. The molecule has 0 unspecified atom stereocenters. The summed E-state index contributed by atoms with van der Waals surface area (Å²) in [5.41, 5.74) is 6.11. The van der Waals surface area contributed by atoms with Crippen LogP contribution >= 0.6 is 23.4 Å². The number of hydrogen-bond acceptors (Lipinski definition) is 4. The second-order valence-electron chi connectivity index (χ2n) is 10.4.